The lowest BCUT2D eigenvalue weighted by Crippen LogP contribution is -2.45. The maximum absolute atomic E-state index is 13.0. The lowest BCUT2D eigenvalue weighted by atomic mass is 9.83. The van der Waals surface area contributed by atoms with Gasteiger partial charge in [0, 0.05) is 50.1 Å². The maximum Gasteiger partial charge on any atom is 0.339 e. The number of hydrogen-bond acceptors (Lipinski definition) is 5. The molecule has 168 valence electrons. The molecule has 7 nitrogen and oxygen atoms in total. The minimum atomic E-state index is -3.52. The second kappa shape index (κ2) is 8.01. The van der Waals surface area contributed by atoms with Crippen LogP contribution in [0.2, 0.25) is 0 Å². The van der Waals surface area contributed by atoms with Crippen LogP contribution in [0.3, 0.4) is 0 Å². The van der Waals surface area contributed by atoms with Gasteiger partial charge in [0.2, 0.25) is 10.0 Å². The standard InChI is InChI=1S/C24H26N2O5S/c27-22(18-8-10-19(11-9-18)32(29,30)26-14-4-1-5-15-26)25-16-12-24(13-17-25)21-7-3-2-6-20(21)23(28)31-24/h2-3,6-11H,1,4-5,12-17H2. The summed E-state index contributed by atoms with van der Waals surface area (Å²) >= 11 is 0. The number of esters is 1. The van der Waals surface area contributed by atoms with Crippen molar-refractivity contribution in [2.24, 2.45) is 0 Å². The summed E-state index contributed by atoms with van der Waals surface area (Å²) in [7, 11) is -3.52. The molecule has 3 heterocycles. The molecule has 0 unspecified atom stereocenters. The van der Waals surface area contributed by atoms with Gasteiger partial charge in [-0.05, 0) is 43.2 Å². The van der Waals surface area contributed by atoms with Crippen LogP contribution >= 0.6 is 0 Å². The van der Waals surface area contributed by atoms with Gasteiger partial charge >= 0.3 is 5.97 Å². The van der Waals surface area contributed by atoms with Crippen molar-refractivity contribution in [2.75, 3.05) is 26.2 Å². The maximum atomic E-state index is 13.0. The quantitative estimate of drug-likeness (QED) is 0.666. The molecule has 3 aliphatic heterocycles. The first-order valence-corrected chi connectivity index (χ1v) is 12.6. The minimum absolute atomic E-state index is 0.139. The molecule has 2 aromatic rings. The lowest BCUT2D eigenvalue weighted by molar-refractivity contribution is -0.0389. The summed E-state index contributed by atoms with van der Waals surface area (Å²) in [6.45, 7) is 2.03. The third-order valence-electron chi connectivity index (χ3n) is 6.84. The van der Waals surface area contributed by atoms with Gasteiger partial charge in [0.25, 0.3) is 5.91 Å². The van der Waals surface area contributed by atoms with Crippen LogP contribution in [0.1, 0.15) is 58.4 Å². The zero-order chi connectivity index (χ0) is 22.3. The van der Waals surface area contributed by atoms with E-state index in [4.69, 9.17) is 4.74 Å². The Morgan fingerprint density at radius 1 is 0.875 bits per heavy atom. The van der Waals surface area contributed by atoms with Crippen LogP contribution < -0.4 is 0 Å². The highest BCUT2D eigenvalue weighted by Crippen LogP contribution is 2.44. The van der Waals surface area contributed by atoms with Gasteiger partial charge in [-0.25, -0.2) is 13.2 Å². The number of fused-ring (bicyclic) bond motifs is 2. The molecule has 0 aromatic heterocycles. The average molecular weight is 455 g/mol. The highest BCUT2D eigenvalue weighted by molar-refractivity contribution is 7.89. The normalized spacial score (nSPS) is 20.8. The molecular weight excluding hydrogens is 428 g/mol. The summed E-state index contributed by atoms with van der Waals surface area (Å²) in [4.78, 5) is 27.3. The van der Waals surface area contributed by atoms with E-state index in [2.05, 4.69) is 0 Å². The summed E-state index contributed by atoms with van der Waals surface area (Å²) in [5, 5.41) is 0. The third-order valence-corrected chi connectivity index (χ3v) is 8.75. The van der Waals surface area contributed by atoms with Gasteiger partial charge in [0.15, 0.2) is 0 Å². The molecule has 1 amide bonds. The molecule has 2 fully saturated rings. The summed E-state index contributed by atoms with van der Waals surface area (Å²) in [5.74, 6) is -0.440. The first-order valence-electron chi connectivity index (χ1n) is 11.1. The van der Waals surface area contributed by atoms with E-state index in [1.807, 2.05) is 18.2 Å². The first kappa shape index (κ1) is 21.2. The van der Waals surface area contributed by atoms with E-state index in [1.54, 1.807) is 23.1 Å². The molecule has 0 saturated carbocycles. The monoisotopic (exact) mass is 454 g/mol. The smallest absolute Gasteiger partial charge is 0.339 e. The Hall–Kier alpha value is -2.71. The number of rotatable bonds is 3. The topological polar surface area (TPSA) is 84.0 Å². The third kappa shape index (κ3) is 3.51. The fourth-order valence-corrected chi connectivity index (χ4v) is 6.51. The molecule has 5 rings (SSSR count). The fraction of sp³-hybridized carbons (Fsp3) is 0.417. The van der Waals surface area contributed by atoms with E-state index in [9.17, 15) is 18.0 Å². The van der Waals surface area contributed by atoms with Gasteiger partial charge in [0.05, 0.1) is 10.5 Å². The van der Waals surface area contributed by atoms with Gasteiger partial charge in [-0.1, -0.05) is 24.6 Å². The summed E-state index contributed by atoms with van der Waals surface area (Å²) in [6.07, 6.45) is 3.91. The Balaban J connectivity index is 1.28. The number of benzene rings is 2. The second-order valence-electron chi connectivity index (χ2n) is 8.71. The Morgan fingerprint density at radius 3 is 2.22 bits per heavy atom. The Morgan fingerprint density at radius 2 is 1.53 bits per heavy atom. The van der Waals surface area contributed by atoms with E-state index in [-0.39, 0.29) is 16.8 Å². The number of amides is 1. The van der Waals surface area contributed by atoms with Crippen LogP contribution in [0.25, 0.3) is 0 Å². The summed E-state index contributed by atoms with van der Waals surface area (Å²) < 4.78 is 32.9. The molecule has 0 atom stereocenters. The van der Waals surface area contributed by atoms with Crippen molar-refractivity contribution in [3.8, 4) is 0 Å². The van der Waals surface area contributed by atoms with Crippen molar-refractivity contribution in [1.29, 1.82) is 0 Å². The Labute approximate surface area is 188 Å². The van der Waals surface area contributed by atoms with Gasteiger partial charge in [-0.2, -0.15) is 4.31 Å². The van der Waals surface area contributed by atoms with Crippen molar-refractivity contribution in [2.45, 2.75) is 42.6 Å². The highest BCUT2D eigenvalue weighted by Gasteiger charge is 2.47. The predicted octanol–water partition coefficient (Wildman–Crippen LogP) is 3.16. The number of nitrogens with zero attached hydrogens (tertiary/aromatic N) is 2. The molecule has 8 heteroatoms. The predicted molar refractivity (Wildman–Crippen MR) is 118 cm³/mol. The largest absolute Gasteiger partial charge is 0.450 e. The second-order valence-corrected chi connectivity index (χ2v) is 10.6. The summed E-state index contributed by atoms with van der Waals surface area (Å²) in [6, 6.07) is 13.7. The Kier molecular flexibility index (Phi) is 5.29. The van der Waals surface area contributed by atoms with Crippen molar-refractivity contribution in [3.63, 3.8) is 0 Å². The van der Waals surface area contributed by atoms with Crippen molar-refractivity contribution < 1.29 is 22.7 Å². The fourth-order valence-electron chi connectivity index (χ4n) is 4.99. The first-order chi connectivity index (χ1) is 15.4. The lowest BCUT2D eigenvalue weighted by Gasteiger charge is -2.38. The van der Waals surface area contributed by atoms with Crippen molar-refractivity contribution >= 4 is 21.9 Å². The molecular formula is C24H26N2O5S. The average Bonchev–Trinajstić information content (AvgIpc) is 3.11. The molecule has 32 heavy (non-hydrogen) atoms. The van der Waals surface area contributed by atoms with Crippen molar-refractivity contribution in [3.05, 3.63) is 65.2 Å². The number of piperidine rings is 2. The molecule has 0 radical (unpaired) electrons. The zero-order valence-electron chi connectivity index (χ0n) is 17.8. The van der Waals surface area contributed by atoms with E-state index in [0.29, 0.717) is 50.1 Å². The number of sulfonamides is 1. The van der Waals surface area contributed by atoms with Crippen LogP contribution in [-0.4, -0.2) is 55.7 Å². The van der Waals surface area contributed by atoms with E-state index < -0.39 is 15.6 Å². The highest BCUT2D eigenvalue weighted by atomic mass is 32.2. The van der Waals surface area contributed by atoms with E-state index in [0.717, 1.165) is 24.8 Å². The van der Waals surface area contributed by atoms with Gasteiger partial charge in [-0.15, -0.1) is 0 Å². The number of hydrogen-bond donors (Lipinski definition) is 0. The minimum Gasteiger partial charge on any atom is -0.450 e. The van der Waals surface area contributed by atoms with Gasteiger partial charge in [-0.3, -0.25) is 4.79 Å². The van der Waals surface area contributed by atoms with Crippen molar-refractivity contribution in [1.82, 2.24) is 9.21 Å². The number of carbonyl (C=O) groups excluding carboxylic acids is 2. The zero-order valence-corrected chi connectivity index (χ0v) is 18.6. The summed E-state index contributed by atoms with van der Waals surface area (Å²) in [5.41, 5.74) is 1.32. The van der Waals surface area contributed by atoms with Gasteiger partial charge < -0.3 is 9.64 Å². The molecule has 2 saturated heterocycles. The number of ether oxygens (including phenoxy) is 1. The van der Waals surface area contributed by atoms with Crippen LogP contribution in [0, 0.1) is 0 Å². The molecule has 3 aliphatic rings. The van der Waals surface area contributed by atoms with Crippen LogP contribution in [0.5, 0.6) is 0 Å². The molecule has 0 N–H and O–H groups in total. The van der Waals surface area contributed by atoms with Crippen LogP contribution in [0.4, 0.5) is 0 Å². The van der Waals surface area contributed by atoms with Crippen LogP contribution in [-0.2, 0) is 20.4 Å². The molecule has 1 spiro atoms. The Bertz CT molecular complexity index is 1150. The van der Waals surface area contributed by atoms with E-state index >= 15 is 0 Å². The number of carbonyl (C=O) groups is 2. The molecule has 2 aromatic carbocycles. The van der Waals surface area contributed by atoms with Gasteiger partial charge in [0.1, 0.15) is 5.60 Å². The SMILES string of the molecule is O=C1OC2(CCN(C(=O)c3ccc(S(=O)(=O)N4CCCCC4)cc3)CC2)c2ccccc21. The number of likely N-dealkylation sites (tertiary alicyclic amines) is 1. The van der Waals surface area contributed by atoms with Crippen LogP contribution in [0.15, 0.2) is 53.4 Å². The molecule has 0 aliphatic carbocycles. The molecule has 0 bridgehead atoms. The van der Waals surface area contributed by atoms with E-state index in [1.165, 1.54) is 16.4 Å².